The molecule has 2 aromatic heterocycles. The van der Waals surface area contributed by atoms with Crippen molar-refractivity contribution in [2.75, 3.05) is 5.32 Å². The lowest BCUT2D eigenvalue weighted by Gasteiger charge is -2.12. The molecule has 0 spiro atoms. The molecule has 6 heteroatoms. The maximum atomic E-state index is 13.1. The van der Waals surface area contributed by atoms with Crippen LogP contribution in [-0.2, 0) is 11.3 Å². The summed E-state index contributed by atoms with van der Waals surface area (Å²) in [6.45, 7) is 3.75. The highest BCUT2D eigenvalue weighted by molar-refractivity contribution is 5.90. The molecule has 0 saturated heterocycles. The average molecular weight is 358 g/mol. The van der Waals surface area contributed by atoms with Gasteiger partial charge in [-0.2, -0.15) is 4.98 Å². The van der Waals surface area contributed by atoms with Crippen molar-refractivity contribution in [3.63, 3.8) is 0 Å². The van der Waals surface area contributed by atoms with Gasteiger partial charge in [-0.3, -0.25) is 19.5 Å². The van der Waals surface area contributed by atoms with Crippen LogP contribution in [0.2, 0.25) is 0 Å². The Morgan fingerprint density at radius 2 is 1.85 bits per heavy atom. The van der Waals surface area contributed by atoms with Crippen molar-refractivity contribution < 1.29 is 4.79 Å². The molecule has 0 radical (unpaired) electrons. The third-order valence-corrected chi connectivity index (χ3v) is 4.49. The smallest absolute Gasteiger partial charge is 0.260 e. The van der Waals surface area contributed by atoms with E-state index in [-0.39, 0.29) is 17.4 Å². The third kappa shape index (κ3) is 3.06. The van der Waals surface area contributed by atoms with Crippen molar-refractivity contribution in [2.45, 2.75) is 20.4 Å². The van der Waals surface area contributed by atoms with Crippen LogP contribution in [0.15, 0.2) is 59.5 Å². The fourth-order valence-electron chi connectivity index (χ4n) is 3.23. The quantitative estimate of drug-likeness (QED) is 0.607. The number of nitrogens with one attached hydrogen (secondary N) is 1. The Labute approximate surface area is 155 Å². The van der Waals surface area contributed by atoms with Crippen LogP contribution in [0.5, 0.6) is 0 Å². The first kappa shape index (κ1) is 16.9. The molecular formula is C21H18N4O2. The molecule has 2 heterocycles. The van der Waals surface area contributed by atoms with E-state index in [0.717, 1.165) is 21.7 Å². The lowest BCUT2D eigenvalue weighted by atomic mass is 10.0. The summed E-state index contributed by atoms with van der Waals surface area (Å²) in [4.78, 5) is 32.9. The van der Waals surface area contributed by atoms with Gasteiger partial charge in [0.25, 0.3) is 5.56 Å². The fraction of sp³-hybridized carbons (Fsp3) is 0.143. The maximum absolute atomic E-state index is 13.1. The Hall–Kier alpha value is -3.54. The number of fused-ring (bicyclic) bond motifs is 2. The number of hydrogen-bond donors (Lipinski definition) is 1. The Morgan fingerprint density at radius 1 is 1.07 bits per heavy atom. The highest BCUT2D eigenvalue weighted by Crippen LogP contribution is 2.24. The zero-order valence-electron chi connectivity index (χ0n) is 15.1. The standard InChI is InChI=1S/C21H18N4O2/c1-3-25-19-17(12-22-21(24-19)23-13(2)26)11-18(20(25)27)16-9-8-14-6-4-5-7-15(14)10-16/h4-12H,3H2,1-2H3,(H,22,23,24,26). The number of nitrogens with zero attached hydrogens (tertiary/aromatic N) is 3. The Bertz CT molecular complexity index is 1240. The summed E-state index contributed by atoms with van der Waals surface area (Å²) >= 11 is 0. The molecule has 0 fully saturated rings. The Kier molecular flexibility index (Phi) is 4.16. The summed E-state index contributed by atoms with van der Waals surface area (Å²) in [6, 6.07) is 15.8. The molecule has 0 aliphatic heterocycles. The third-order valence-electron chi connectivity index (χ3n) is 4.49. The maximum Gasteiger partial charge on any atom is 0.260 e. The lowest BCUT2D eigenvalue weighted by Crippen LogP contribution is -2.22. The van der Waals surface area contributed by atoms with Gasteiger partial charge < -0.3 is 0 Å². The number of rotatable bonds is 3. The number of carbonyl (C=O) groups excluding carboxylic acids is 1. The van der Waals surface area contributed by atoms with Gasteiger partial charge in [0.15, 0.2) is 0 Å². The van der Waals surface area contributed by atoms with E-state index in [9.17, 15) is 9.59 Å². The van der Waals surface area contributed by atoms with Crippen LogP contribution >= 0.6 is 0 Å². The van der Waals surface area contributed by atoms with Crippen molar-refractivity contribution in [1.82, 2.24) is 14.5 Å². The summed E-state index contributed by atoms with van der Waals surface area (Å²) in [6.07, 6.45) is 1.63. The molecule has 134 valence electrons. The van der Waals surface area contributed by atoms with Crippen molar-refractivity contribution in [2.24, 2.45) is 0 Å². The second-order valence-electron chi connectivity index (χ2n) is 6.32. The number of pyridine rings is 1. The summed E-state index contributed by atoms with van der Waals surface area (Å²) < 4.78 is 1.60. The van der Waals surface area contributed by atoms with E-state index in [4.69, 9.17) is 0 Å². The van der Waals surface area contributed by atoms with Crippen LogP contribution in [0.1, 0.15) is 13.8 Å². The molecule has 1 N–H and O–H groups in total. The average Bonchev–Trinajstić information content (AvgIpc) is 2.67. The van der Waals surface area contributed by atoms with Crippen LogP contribution in [0.25, 0.3) is 32.9 Å². The normalized spacial score (nSPS) is 11.0. The second-order valence-corrected chi connectivity index (χ2v) is 6.32. The van der Waals surface area contributed by atoms with Gasteiger partial charge in [0, 0.05) is 30.6 Å². The Balaban J connectivity index is 1.94. The molecule has 0 atom stereocenters. The first-order valence-corrected chi connectivity index (χ1v) is 8.74. The predicted molar refractivity (Wildman–Crippen MR) is 107 cm³/mol. The van der Waals surface area contributed by atoms with Gasteiger partial charge in [0.2, 0.25) is 11.9 Å². The molecule has 4 rings (SSSR count). The van der Waals surface area contributed by atoms with Crippen molar-refractivity contribution in [1.29, 1.82) is 0 Å². The highest BCUT2D eigenvalue weighted by atomic mass is 16.1. The Morgan fingerprint density at radius 3 is 2.59 bits per heavy atom. The topological polar surface area (TPSA) is 76.9 Å². The van der Waals surface area contributed by atoms with Gasteiger partial charge in [0.1, 0.15) is 5.65 Å². The molecule has 0 saturated carbocycles. The molecule has 0 aliphatic carbocycles. The number of carbonyl (C=O) groups is 1. The first-order valence-electron chi connectivity index (χ1n) is 8.74. The van der Waals surface area contributed by atoms with Gasteiger partial charge in [-0.15, -0.1) is 0 Å². The molecule has 6 nitrogen and oxygen atoms in total. The lowest BCUT2D eigenvalue weighted by molar-refractivity contribution is -0.114. The first-order chi connectivity index (χ1) is 13.1. The summed E-state index contributed by atoms with van der Waals surface area (Å²) in [5, 5.41) is 5.51. The largest absolute Gasteiger partial charge is 0.295 e. The van der Waals surface area contributed by atoms with Crippen molar-refractivity contribution >= 4 is 33.7 Å². The minimum absolute atomic E-state index is 0.118. The zero-order chi connectivity index (χ0) is 19.0. The molecule has 0 aliphatic rings. The summed E-state index contributed by atoms with van der Waals surface area (Å²) in [7, 11) is 0. The molecule has 27 heavy (non-hydrogen) atoms. The van der Waals surface area contributed by atoms with Crippen LogP contribution in [0.4, 0.5) is 5.95 Å². The number of aromatic nitrogens is 3. The molecular weight excluding hydrogens is 340 g/mol. The monoisotopic (exact) mass is 358 g/mol. The zero-order valence-corrected chi connectivity index (χ0v) is 15.1. The van der Waals surface area contributed by atoms with Gasteiger partial charge >= 0.3 is 0 Å². The van der Waals surface area contributed by atoms with E-state index in [1.807, 2.05) is 55.5 Å². The van der Waals surface area contributed by atoms with E-state index in [1.165, 1.54) is 6.92 Å². The van der Waals surface area contributed by atoms with E-state index in [0.29, 0.717) is 17.8 Å². The van der Waals surface area contributed by atoms with Crippen LogP contribution in [0, 0.1) is 0 Å². The molecule has 0 bridgehead atoms. The second kappa shape index (κ2) is 6.64. The number of benzene rings is 2. The minimum atomic E-state index is -0.257. The summed E-state index contributed by atoms with van der Waals surface area (Å²) in [5.41, 5.74) is 1.85. The van der Waals surface area contributed by atoms with Gasteiger partial charge in [-0.05, 0) is 35.4 Å². The summed E-state index contributed by atoms with van der Waals surface area (Å²) in [5.74, 6) is -0.0671. The van der Waals surface area contributed by atoms with Crippen LogP contribution < -0.4 is 10.9 Å². The van der Waals surface area contributed by atoms with Crippen molar-refractivity contribution in [3.05, 3.63) is 65.1 Å². The number of hydrogen-bond acceptors (Lipinski definition) is 4. The van der Waals surface area contributed by atoms with Gasteiger partial charge in [-0.1, -0.05) is 36.4 Å². The van der Waals surface area contributed by atoms with Crippen LogP contribution in [0.3, 0.4) is 0 Å². The van der Waals surface area contributed by atoms with E-state index >= 15 is 0 Å². The van der Waals surface area contributed by atoms with Crippen LogP contribution in [-0.4, -0.2) is 20.4 Å². The van der Waals surface area contributed by atoms with Crippen molar-refractivity contribution in [3.8, 4) is 11.1 Å². The SMILES string of the molecule is CCn1c(=O)c(-c2ccc3ccccc3c2)cc2cnc(NC(C)=O)nc21. The van der Waals surface area contributed by atoms with E-state index < -0.39 is 0 Å². The number of aryl methyl sites for hydroxylation is 1. The van der Waals surface area contributed by atoms with E-state index in [2.05, 4.69) is 15.3 Å². The highest BCUT2D eigenvalue weighted by Gasteiger charge is 2.13. The van der Waals surface area contributed by atoms with Gasteiger partial charge in [0.05, 0.1) is 0 Å². The minimum Gasteiger partial charge on any atom is -0.295 e. The van der Waals surface area contributed by atoms with E-state index in [1.54, 1.807) is 10.8 Å². The molecule has 2 aromatic carbocycles. The van der Waals surface area contributed by atoms with Gasteiger partial charge in [-0.25, -0.2) is 4.98 Å². The molecule has 0 unspecified atom stereocenters. The fourth-order valence-corrected chi connectivity index (χ4v) is 3.23. The molecule has 4 aromatic rings. The molecule has 1 amide bonds. The number of amides is 1. The number of anilines is 1. The predicted octanol–water partition coefficient (Wildman–Crippen LogP) is 3.59.